The van der Waals surface area contributed by atoms with E-state index >= 15 is 0 Å². The standard InChI is InChI=1S/C12H14F2N2O2/c1-7-11(17)16(2)10(15-7)8-5-3-4-6-9(8)18-12(13)14/h3-7,10,12,15H,1-2H3. The summed E-state index contributed by atoms with van der Waals surface area (Å²) in [5.74, 6) is 0.00519. The van der Waals surface area contributed by atoms with Crippen LogP contribution < -0.4 is 10.1 Å². The topological polar surface area (TPSA) is 41.6 Å². The van der Waals surface area contributed by atoms with Crippen LogP contribution >= 0.6 is 0 Å². The molecule has 1 aromatic carbocycles. The quantitative estimate of drug-likeness (QED) is 0.895. The van der Waals surface area contributed by atoms with Crippen molar-refractivity contribution in [2.24, 2.45) is 0 Å². The van der Waals surface area contributed by atoms with E-state index in [0.717, 1.165) is 0 Å². The minimum atomic E-state index is -2.88. The maximum absolute atomic E-state index is 12.3. The van der Waals surface area contributed by atoms with E-state index in [0.29, 0.717) is 5.56 Å². The van der Waals surface area contributed by atoms with Gasteiger partial charge in [-0.2, -0.15) is 8.78 Å². The van der Waals surface area contributed by atoms with Gasteiger partial charge in [-0.3, -0.25) is 10.1 Å². The highest BCUT2D eigenvalue weighted by atomic mass is 19.3. The van der Waals surface area contributed by atoms with Crippen LogP contribution in [0.5, 0.6) is 5.75 Å². The number of hydrogen-bond acceptors (Lipinski definition) is 3. The van der Waals surface area contributed by atoms with E-state index in [1.807, 2.05) is 0 Å². The molecule has 2 atom stereocenters. The van der Waals surface area contributed by atoms with Crippen LogP contribution in [0.2, 0.25) is 0 Å². The van der Waals surface area contributed by atoms with Crippen LogP contribution in [0.3, 0.4) is 0 Å². The number of hydrogen-bond donors (Lipinski definition) is 1. The Kier molecular flexibility index (Phi) is 3.47. The SMILES string of the molecule is CC1NC(c2ccccc2OC(F)F)N(C)C1=O. The zero-order chi connectivity index (χ0) is 13.3. The van der Waals surface area contributed by atoms with E-state index < -0.39 is 12.8 Å². The Morgan fingerprint density at radius 2 is 2.06 bits per heavy atom. The third-order valence-electron chi connectivity index (χ3n) is 2.94. The molecule has 0 saturated carbocycles. The second-order valence-corrected chi connectivity index (χ2v) is 4.16. The third-order valence-corrected chi connectivity index (χ3v) is 2.94. The summed E-state index contributed by atoms with van der Waals surface area (Å²) in [7, 11) is 1.63. The first-order valence-corrected chi connectivity index (χ1v) is 5.57. The summed E-state index contributed by atoms with van der Waals surface area (Å²) in [6, 6.07) is 6.12. The Hall–Kier alpha value is -1.69. The summed E-state index contributed by atoms with van der Waals surface area (Å²) in [6.45, 7) is -1.15. The summed E-state index contributed by atoms with van der Waals surface area (Å²) in [6.07, 6.45) is -0.442. The number of amides is 1. The average Bonchev–Trinajstić information content (AvgIpc) is 2.57. The number of nitrogens with one attached hydrogen (secondary N) is 1. The molecule has 1 fully saturated rings. The second-order valence-electron chi connectivity index (χ2n) is 4.16. The van der Waals surface area contributed by atoms with Crippen LogP contribution in [-0.2, 0) is 4.79 Å². The number of benzene rings is 1. The molecule has 0 aromatic heterocycles. The molecule has 1 aliphatic heterocycles. The number of likely N-dealkylation sites (N-methyl/N-ethyl adjacent to an activating group) is 1. The van der Waals surface area contributed by atoms with Gasteiger partial charge < -0.3 is 9.64 Å². The molecule has 1 saturated heterocycles. The maximum Gasteiger partial charge on any atom is 0.387 e. The lowest BCUT2D eigenvalue weighted by Gasteiger charge is -2.22. The molecular weight excluding hydrogens is 242 g/mol. The minimum Gasteiger partial charge on any atom is -0.434 e. The van der Waals surface area contributed by atoms with Crippen molar-refractivity contribution < 1.29 is 18.3 Å². The second kappa shape index (κ2) is 4.89. The van der Waals surface area contributed by atoms with Crippen molar-refractivity contribution >= 4 is 5.91 Å². The smallest absolute Gasteiger partial charge is 0.387 e. The molecule has 0 spiro atoms. The molecule has 1 aliphatic rings. The minimum absolute atomic E-state index is 0.0770. The molecule has 0 aliphatic carbocycles. The van der Waals surface area contributed by atoms with Gasteiger partial charge in [0.15, 0.2) is 0 Å². The summed E-state index contributed by atoms with van der Waals surface area (Å²) in [4.78, 5) is 13.2. The first kappa shape index (κ1) is 12.8. The molecule has 98 valence electrons. The number of carbonyl (C=O) groups excluding carboxylic acids is 1. The first-order valence-electron chi connectivity index (χ1n) is 5.57. The van der Waals surface area contributed by atoms with Crippen molar-refractivity contribution in [3.05, 3.63) is 29.8 Å². The van der Waals surface area contributed by atoms with Crippen molar-refractivity contribution in [3.8, 4) is 5.75 Å². The van der Waals surface area contributed by atoms with Crippen molar-refractivity contribution in [1.29, 1.82) is 0 Å². The van der Waals surface area contributed by atoms with Gasteiger partial charge in [0, 0.05) is 12.6 Å². The summed E-state index contributed by atoms with van der Waals surface area (Å²) in [5, 5.41) is 3.03. The van der Waals surface area contributed by atoms with Crippen LogP contribution in [0.15, 0.2) is 24.3 Å². The molecule has 1 amide bonds. The predicted molar refractivity (Wildman–Crippen MR) is 61.2 cm³/mol. The summed E-state index contributed by atoms with van der Waals surface area (Å²) in [5.41, 5.74) is 0.526. The fraction of sp³-hybridized carbons (Fsp3) is 0.417. The molecule has 2 unspecified atom stereocenters. The molecule has 18 heavy (non-hydrogen) atoms. The van der Waals surface area contributed by atoms with Crippen LogP contribution in [0.25, 0.3) is 0 Å². The predicted octanol–water partition coefficient (Wildman–Crippen LogP) is 1.74. The fourth-order valence-electron chi connectivity index (χ4n) is 2.06. The van der Waals surface area contributed by atoms with Gasteiger partial charge in [0.2, 0.25) is 5.91 Å². The van der Waals surface area contributed by atoms with Crippen molar-refractivity contribution in [2.75, 3.05) is 7.05 Å². The molecule has 2 rings (SSSR count). The number of rotatable bonds is 3. The maximum atomic E-state index is 12.3. The van der Waals surface area contributed by atoms with Crippen molar-refractivity contribution in [3.63, 3.8) is 0 Å². The number of alkyl halides is 2. The Morgan fingerprint density at radius 3 is 2.61 bits per heavy atom. The number of ether oxygens (including phenoxy) is 1. The van der Waals surface area contributed by atoms with Crippen LogP contribution in [0.4, 0.5) is 8.78 Å². The van der Waals surface area contributed by atoms with Gasteiger partial charge in [0.05, 0.1) is 6.04 Å². The highest BCUT2D eigenvalue weighted by molar-refractivity contribution is 5.84. The van der Waals surface area contributed by atoms with E-state index in [2.05, 4.69) is 10.1 Å². The zero-order valence-corrected chi connectivity index (χ0v) is 10.1. The number of halogens is 2. The molecule has 1 heterocycles. The molecule has 0 radical (unpaired) electrons. The van der Waals surface area contributed by atoms with Crippen LogP contribution in [-0.4, -0.2) is 30.5 Å². The van der Waals surface area contributed by atoms with Gasteiger partial charge in [-0.05, 0) is 13.0 Å². The monoisotopic (exact) mass is 256 g/mol. The third kappa shape index (κ3) is 2.28. The van der Waals surface area contributed by atoms with E-state index in [1.165, 1.54) is 11.0 Å². The first-order chi connectivity index (χ1) is 8.50. The average molecular weight is 256 g/mol. The zero-order valence-electron chi connectivity index (χ0n) is 10.1. The number of para-hydroxylation sites is 1. The molecule has 1 N–H and O–H groups in total. The normalized spacial score (nSPS) is 23.8. The van der Waals surface area contributed by atoms with E-state index in [1.54, 1.807) is 32.2 Å². The highest BCUT2D eigenvalue weighted by Crippen LogP contribution is 2.31. The van der Waals surface area contributed by atoms with E-state index in [-0.39, 0.29) is 17.7 Å². The summed E-state index contributed by atoms with van der Waals surface area (Å²) < 4.78 is 29.1. The molecule has 0 bridgehead atoms. The lowest BCUT2D eigenvalue weighted by Crippen LogP contribution is -2.26. The van der Waals surface area contributed by atoms with Gasteiger partial charge in [-0.15, -0.1) is 0 Å². The van der Waals surface area contributed by atoms with Gasteiger partial charge in [0.25, 0.3) is 0 Å². The van der Waals surface area contributed by atoms with E-state index in [9.17, 15) is 13.6 Å². The molecule has 4 nitrogen and oxygen atoms in total. The Balaban J connectivity index is 2.31. The molecule has 6 heteroatoms. The van der Waals surface area contributed by atoms with E-state index in [4.69, 9.17) is 0 Å². The number of carbonyl (C=O) groups is 1. The van der Waals surface area contributed by atoms with Crippen molar-refractivity contribution in [1.82, 2.24) is 10.2 Å². The van der Waals surface area contributed by atoms with Crippen LogP contribution in [0, 0.1) is 0 Å². The van der Waals surface area contributed by atoms with Gasteiger partial charge in [-0.1, -0.05) is 18.2 Å². The van der Waals surface area contributed by atoms with Crippen LogP contribution in [0.1, 0.15) is 18.7 Å². The van der Waals surface area contributed by atoms with Gasteiger partial charge in [0.1, 0.15) is 11.9 Å². The molecular formula is C12H14F2N2O2. The Labute approximate surface area is 104 Å². The van der Waals surface area contributed by atoms with Gasteiger partial charge >= 0.3 is 6.61 Å². The Bertz CT molecular complexity index is 453. The largest absolute Gasteiger partial charge is 0.434 e. The van der Waals surface area contributed by atoms with Crippen molar-refractivity contribution in [2.45, 2.75) is 25.7 Å². The number of nitrogens with zero attached hydrogens (tertiary/aromatic N) is 1. The highest BCUT2D eigenvalue weighted by Gasteiger charge is 2.35. The lowest BCUT2D eigenvalue weighted by molar-refractivity contribution is -0.128. The lowest BCUT2D eigenvalue weighted by atomic mass is 10.1. The van der Waals surface area contributed by atoms with Gasteiger partial charge in [-0.25, -0.2) is 0 Å². The summed E-state index contributed by atoms with van der Waals surface area (Å²) >= 11 is 0. The fourth-order valence-corrected chi connectivity index (χ4v) is 2.06. The molecule has 1 aromatic rings. The Morgan fingerprint density at radius 1 is 1.39 bits per heavy atom.